The molecule has 102 valence electrons. The predicted octanol–water partition coefficient (Wildman–Crippen LogP) is 2.21. The number of methoxy groups -OCH3 is 1. The van der Waals surface area contributed by atoms with E-state index >= 15 is 0 Å². The summed E-state index contributed by atoms with van der Waals surface area (Å²) in [4.78, 5) is 23.5. The maximum Gasteiger partial charge on any atom is 0.307 e. The highest BCUT2D eigenvalue weighted by Gasteiger charge is 2.28. The minimum Gasteiger partial charge on any atom is -0.469 e. The lowest BCUT2D eigenvalue weighted by molar-refractivity contribution is -0.141. The number of rotatable bonds is 5. The molecule has 4 nitrogen and oxygen atoms in total. The van der Waals surface area contributed by atoms with Crippen LogP contribution in [-0.2, 0) is 14.3 Å². The average Bonchev–Trinajstić information content (AvgIpc) is 2.36. The lowest BCUT2D eigenvalue weighted by atomic mass is 9.84. The molecule has 1 fully saturated rings. The van der Waals surface area contributed by atoms with Crippen LogP contribution in [0.4, 0.5) is 0 Å². The van der Waals surface area contributed by atoms with E-state index in [0.717, 1.165) is 24.8 Å². The molecule has 0 spiro atoms. The Morgan fingerprint density at radius 3 is 2.53 bits per heavy atom. The number of carbonyl (C=O) groups excluding carboxylic acids is 2. The normalized spacial score (nSPS) is 16.3. The first-order valence-corrected chi connectivity index (χ1v) is 6.63. The summed E-state index contributed by atoms with van der Waals surface area (Å²) in [6, 6.07) is 9.22. The van der Waals surface area contributed by atoms with E-state index in [2.05, 4.69) is 5.32 Å². The number of nitrogens with one attached hydrogen (secondary N) is 1. The molecule has 0 aromatic heterocycles. The van der Waals surface area contributed by atoms with E-state index in [4.69, 9.17) is 4.74 Å². The number of benzene rings is 1. The van der Waals surface area contributed by atoms with Crippen LogP contribution in [0.25, 0.3) is 0 Å². The van der Waals surface area contributed by atoms with Crippen molar-refractivity contribution in [1.82, 2.24) is 5.32 Å². The van der Waals surface area contributed by atoms with Gasteiger partial charge < -0.3 is 10.1 Å². The highest BCUT2D eigenvalue weighted by atomic mass is 16.5. The van der Waals surface area contributed by atoms with Crippen LogP contribution in [0.1, 0.15) is 37.3 Å². The van der Waals surface area contributed by atoms with Crippen LogP contribution in [0.2, 0.25) is 0 Å². The van der Waals surface area contributed by atoms with Crippen molar-refractivity contribution >= 4 is 11.9 Å². The minimum absolute atomic E-state index is 0.0454. The van der Waals surface area contributed by atoms with E-state index in [9.17, 15) is 9.59 Å². The number of esters is 1. The first kappa shape index (κ1) is 13.6. The van der Waals surface area contributed by atoms with Crippen LogP contribution in [0.5, 0.6) is 0 Å². The van der Waals surface area contributed by atoms with Crippen LogP contribution < -0.4 is 5.32 Å². The monoisotopic (exact) mass is 261 g/mol. The van der Waals surface area contributed by atoms with Gasteiger partial charge in [0, 0.05) is 5.92 Å². The third-order valence-electron chi connectivity index (χ3n) is 3.59. The summed E-state index contributed by atoms with van der Waals surface area (Å²) in [5, 5.41) is 2.96. The van der Waals surface area contributed by atoms with Crippen molar-refractivity contribution in [2.45, 2.75) is 31.7 Å². The topological polar surface area (TPSA) is 55.4 Å². The second kappa shape index (κ2) is 6.36. The van der Waals surface area contributed by atoms with E-state index in [0.29, 0.717) is 0 Å². The van der Waals surface area contributed by atoms with Crippen LogP contribution in [-0.4, -0.2) is 19.0 Å². The van der Waals surface area contributed by atoms with E-state index in [1.807, 2.05) is 30.3 Å². The van der Waals surface area contributed by atoms with E-state index in [1.165, 1.54) is 7.11 Å². The highest BCUT2D eigenvalue weighted by Crippen LogP contribution is 2.28. The fourth-order valence-electron chi connectivity index (χ4n) is 2.15. The summed E-state index contributed by atoms with van der Waals surface area (Å²) in [6.45, 7) is 0. The maximum atomic E-state index is 12.0. The fourth-order valence-corrected chi connectivity index (χ4v) is 2.15. The Balaban J connectivity index is 2.05. The van der Waals surface area contributed by atoms with E-state index < -0.39 is 0 Å². The molecule has 1 saturated carbocycles. The standard InChI is InChI=1S/C15H19NO3/c1-19-14(17)10-13(11-6-3-2-4-7-11)16-15(18)12-8-5-9-12/h2-4,6-7,12-13H,5,8-10H2,1H3,(H,16,18)/t13-/m0/s1. The number of amides is 1. The van der Waals surface area contributed by atoms with Gasteiger partial charge >= 0.3 is 5.97 Å². The van der Waals surface area contributed by atoms with E-state index in [1.54, 1.807) is 0 Å². The molecule has 1 aromatic rings. The fraction of sp³-hybridized carbons (Fsp3) is 0.467. The second-order valence-electron chi connectivity index (χ2n) is 4.88. The molecule has 1 aliphatic rings. The Kier molecular flexibility index (Phi) is 4.55. The van der Waals surface area contributed by atoms with Crippen molar-refractivity contribution < 1.29 is 14.3 Å². The van der Waals surface area contributed by atoms with Crippen LogP contribution in [0.15, 0.2) is 30.3 Å². The van der Waals surface area contributed by atoms with Gasteiger partial charge in [-0.1, -0.05) is 36.8 Å². The van der Waals surface area contributed by atoms with Crippen molar-refractivity contribution in [2.24, 2.45) is 5.92 Å². The number of ether oxygens (including phenoxy) is 1. The van der Waals surface area contributed by atoms with Crippen molar-refractivity contribution in [3.05, 3.63) is 35.9 Å². The summed E-state index contributed by atoms with van der Waals surface area (Å²) >= 11 is 0. The molecule has 0 unspecified atom stereocenters. The Hall–Kier alpha value is -1.84. The Morgan fingerprint density at radius 1 is 1.32 bits per heavy atom. The maximum absolute atomic E-state index is 12.0. The van der Waals surface area contributed by atoms with Crippen LogP contribution >= 0.6 is 0 Å². The van der Waals surface area contributed by atoms with Gasteiger partial charge in [-0.3, -0.25) is 9.59 Å². The summed E-state index contributed by atoms with van der Waals surface area (Å²) in [6.07, 6.45) is 3.18. The molecule has 2 rings (SSSR count). The zero-order valence-corrected chi connectivity index (χ0v) is 11.1. The van der Waals surface area contributed by atoms with Gasteiger partial charge in [0.2, 0.25) is 5.91 Å². The largest absolute Gasteiger partial charge is 0.469 e. The molecular weight excluding hydrogens is 242 g/mol. The lowest BCUT2D eigenvalue weighted by Gasteiger charge is -2.27. The minimum atomic E-state index is -0.317. The molecule has 4 heteroatoms. The number of carbonyl (C=O) groups is 2. The van der Waals surface area contributed by atoms with Gasteiger partial charge in [0.05, 0.1) is 19.6 Å². The molecule has 19 heavy (non-hydrogen) atoms. The molecule has 0 heterocycles. The predicted molar refractivity (Wildman–Crippen MR) is 71.3 cm³/mol. The summed E-state index contributed by atoms with van der Waals surface area (Å²) in [5.74, 6) is -0.157. The third kappa shape index (κ3) is 3.56. The summed E-state index contributed by atoms with van der Waals surface area (Å²) in [7, 11) is 1.36. The smallest absolute Gasteiger partial charge is 0.307 e. The van der Waals surface area contributed by atoms with Crippen LogP contribution in [0.3, 0.4) is 0 Å². The van der Waals surface area contributed by atoms with Crippen molar-refractivity contribution in [3.8, 4) is 0 Å². The van der Waals surface area contributed by atoms with Crippen molar-refractivity contribution in [1.29, 1.82) is 0 Å². The summed E-state index contributed by atoms with van der Waals surface area (Å²) < 4.78 is 4.69. The average molecular weight is 261 g/mol. The molecule has 0 radical (unpaired) electrons. The first-order valence-electron chi connectivity index (χ1n) is 6.63. The molecule has 0 aliphatic heterocycles. The molecule has 1 amide bonds. The zero-order chi connectivity index (χ0) is 13.7. The van der Waals surface area contributed by atoms with Crippen molar-refractivity contribution in [2.75, 3.05) is 7.11 Å². The van der Waals surface area contributed by atoms with Gasteiger partial charge in [0.25, 0.3) is 0 Å². The molecule has 0 saturated heterocycles. The Morgan fingerprint density at radius 2 is 2.00 bits per heavy atom. The molecule has 1 N–H and O–H groups in total. The molecular formula is C15H19NO3. The van der Waals surface area contributed by atoms with Gasteiger partial charge in [-0.2, -0.15) is 0 Å². The molecule has 1 aromatic carbocycles. The molecule has 1 atom stereocenters. The Bertz CT molecular complexity index is 440. The van der Waals surface area contributed by atoms with Gasteiger partial charge in [0.15, 0.2) is 0 Å². The molecule has 0 bridgehead atoms. The first-order chi connectivity index (χ1) is 9.20. The molecule has 1 aliphatic carbocycles. The van der Waals surface area contributed by atoms with Crippen LogP contribution in [0, 0.1) is 5.92 Å². The van der Waals surface area contributed by atoms with E-state index in [-0.39, 0.29) is 30.3 Å². The van der Waals surface area contributed by atoms with Crippen molar-refractivity contribution in [3.63, 3.8) is 0 Å². The highest BCUT2D eigenvalue weighted by molar-refractivity contribution is 5.80. The quantitative estimate of drug-likeness (QED) is 0.827. The third-order valence-corrected chi connectivity index (χ3v) is 3.59. The lowest BCUT2D eigenvalue weighted by Crippen LogP contribution is -2.37. The van der Waals surface area contributed by atoms with Gasteiger partial charge in [-0.05, 0) is 18.4 Å². The zero-order valence-electron chi connectivity index (χ0n) is 11.1. The van der Waals surface area contributed by atoms with Gasteiger partial charge in [-0.25, -0.2) is 0 Å². The summed E-state index contributed by atoms with van der Waals surface area (Å²) in [5.41, 5.74) is 0.931. The van der Waals surface area contributed by atoms with Gasteiger partial charge in [0.1, 0.15) is 0 Å². The SMILES string of the molecule is COC(=O)C[C@H](NC(=O)C1CCC1)c1ccccc1. The van der Waals surface area contributed by atoms with Gasteiger partial charge in [-0.15, -0.1) is 0 Å². The number of hydrogen-bond acceptors (Lipinski definition) is 3. The second-order valence-corrected chi connectivity index (χ2v) is 4.88. The Labute approximate surface area is 113 Å². The number of hydrogen-bond donors (Lipinski definition) is 1.